The number of aryl methyl sites for hydroxylation is 1. The highest BCUT2D eigenvalue weighted by Gasteiger charge is 2.05. The number of hydrogen-bond donors (Lipinski definition) is 2. The number of hydrogen-bond acceptors (Lipinski definition) is 4. The number of nitrogens with one attached hydrogen (secondary N) is 2. The van der Waals surface area contributed by atoms with Gasteiger partial charge in [-0.25, -0.2) is 9.97 Å². The zero-order chi connectivity index (χ0) is 17.6. The molecule has 0 fully saturated rings. The van der Waals surface area contributed by atoms with E-state index in [1.165, 1.54) is 0 Å². The third-order valence-electron chi connectivity index (χ3n) is 3.67. The molecule has 0 aliphatic heterocycles. The van der Waals surface area contributed by atoms with Gasteiger partial charge < -0.3 is 10.6 Å². The lowest BCUT2D eigenvalue weighted by molar-refractivity contribution is -0.115. The fourth-order valence-corrected chi connectivity index (χ4v) is 2.42. The van der Waals surface area contributed by atoms with E-state index in [9.17, 15) is 4.79 Å². The van der Waals surface area contributed by atoms with Gasteiger partial charge in [-0.15, -0.1) is 0 Å². The van der Waals surface area contributed by atoms with E-state index in [4.69, 9.17) is 0 Å². The molecule has 5 heteroatoms. The van der Waals surface area contributed by atoms with Gasteiger partial charge in [0.2, 0.25) is 5.91 Å². The van der Waals surface area contributed by atoms with Gasteiger partial charge in [0, 0.05) is 29.4 Å². The second kappa shape index (κ2) is 7.57. The van der Waals surface area contributed by atoms with Gasteiger partial charge >= 0.3 is 0 Å². The van der Waals surface area contributed by atoms with Crippen LogP contribution in [0.2, 0.25) is 0 Å². The van der Waals surface area contributed by atoms with E-state index >= 15 is 0 Å². The quantitative estimate of drug-likeness (QED) is 0.719. The van der Waals surface area contributed by atoms with E-state index in [0.717, 1.165) is 28.5 Å². The van der Waals surface area contributed by atoms with Crippen molar-refractivity contribution in [3.8, 4) is 11.3 Å². The molecule has 5 nitrogen and oxygen atoms in total. The van der Waals surface area contributed by atoms with Crippen LogP contribution in [0.3, 0.4) is 0 Å². The number of anilines is 3. The summed E-state index contributed by atoms with van der Waals surface area (Å²) in [7, 11) is 0. The van der Waals surface area contributed by atoms with Crippen LogP contribution in [0.25, 0.3) is 11.3 Å². The molecule has 2 N–H and O–H groups in total. The zero-order valence-electron chi connectivity index (χ0n) is 14.3. The van der Waals surface area contributed by atoms with Crippen LogP contribution >= 0.6 is 0 Å². The van der Waals surface area contributed by atoms with Crippen LogP contribution in [0.5, 0.6) is 0 Å². The summed E-state index contributed by atoms with van der Waals surface area (Å²) < 4.78 is 0. The summed E-state index contributed by atoms with van der Waals surface area (Å²) in [5, 5.41) is 6.12. The Morgan fingerprint density at radius 3 is 2.32 bits per heavy atom. The fraction of sp³-hybridized carbons (Fsp3) is 0.150. The Balaban J connectivity index is 1.79. The average Bonchev–Trinajstić information content (AvgIpc) is 2.63. The summed E-state index contributed by atoms with van der Waals surface area (Å²) in [4.78, 5) is 20.4. The molecule has 2 aromatic carbocycles. The molecule has 0 saturated carbocycles. The summed E-state index contributed by atoms with van der Waals surface area (Å²) in [6, 6.07) is 19.5. The normalized spacial score (nSPS) is 10.3. The minimum Gasteiger partial charge on any atom is -0.340 e. The van der Waals surface area contributed by atoms with Gasteiger partial charge in [-0.2, -0.15) is 0 Å². The Morgan fingerprint density at radius 2 is 1.64 bits per heavy atom. The summed E-state index contributed by atoms with van der Waals surface area (Å²) in [5.41, 5.74) is 3.60. The maximum atomic E-state index is 11.4. The zero-order valence-corrected chi connectivity index (χ0v) is 14.3. The van der Waals surface area contributed by atoms with Gasteiger partial charge in [-0.05, 0) is 31.2 Å². The Kier molecular flexibility index (Phi) is 5.04. The van der Waals surface area contributed by atoms with Gasteiger partial charge in [-0.1, -0.05) is 37.3 Å². The molecule has 3 aromatic rings. The number of carbonyl (C=O) groups is 1. The van der Waals surface area contributed by atoms with Crippen molar-refractivity contribution in [1.29, 1.82) is 0 Å². The van der Waals surface area contributed by atoms with E-state index in [-0.39, 0.29) is 5.91 Å². The summed E-state index contributed by atoms with van der Waals surface area (Å²) in [5.74, 6) is 1.44. The van der Waals surface area contributed by atoms with E-state index in [1.807, 2.05) is 74.5 Å². The van der Waals surface area contributed by atoms with Crippen molar-refractivity contribution in [3.63, 3.8) is 0 Å². The van der Waals surface area contributed by atoms with Crippen molar-refractivity contribution < 1.29 is 4.79 Å². The monoisotopic (exact) mass is 332 g/mol. The molecule has 25 heavy (non-hydrogen) atoms. The SMILES string of the molecule is CCC(=O)Nc1ccc(Nc2cc(-c3ccccc3)nc(C)n2)cc1. The first-order chi connectivity index (χ1) is 12.1. The average molecular weight is 332 g/mol. The number of carbonyl (C=O) groups excluding carboxylic acids is 1. The van der Waals surface area contributed by atoms with E-state index in [1.54, 1.807) is 0 Å². The number of amides is 1. The van der Waals surface area contributed by atoms with Crippen molar-refractivity contribution in [2.24, 2.45) is 0 Å². The van der Waals surface area contributed by atoms with Crippen molar-refractivity contribution >= 4 is 23.1 Å². The molecule has 1 heterocycles. The van der Waals surface area contributed by atoms with Crippen molar-refractivity contribution in [1.82, 2.24) is 9.97 Å². The Labute approximate surface area is 147 Å². The molecule has 126 valence electrons. The number of benzene rings is 2. The molecule has 0 aliphatic carbocycles. The van der Waals surface area contributed by atoms with Crippen LogP contribution in [0, 0.1) is 6.92 Å². The van der Waals surface area contributed by atoms with Crippen molar-refractivity contribution in [2.75, 3.05) is 10.6 Å². The summed E-state index contributed by atoms with van der Waals surface area (Å²) >= 11 is 0. The van der Waals surface area contributed by atoms with Gasteiger partial charge in [0.25, 0.3) is 0 Å². The molecule has 0 atom stereocenters. The third-order valence-corrected chi connectivity index (χ3v) is 3.67. The number of rotatable bonds is 5. The van der Waals surface area contributed by atoms with Crippen LogP contribution in [-0.4, -0.2) is 15.9 Å². The van der Waals surface area contributed by atoms with Crippen molar-refractivity contribution in [3.05, 3.63) is 66.5 Å². The molecule has 0 radical (unpaired) electrons. The van der Waals surface area contributed by atoms with Crippen LogP contribution in [0.1, 0.15) is 19.2 Å². The lowest BCUT2D eigenvalue weighted by Gasteiger charge is -2.10. The highest BCUT2D eigenvalue weighted by molar-refractivity contribution is 5.90. The minimum absolute atomic E-state index is 0.000336. The van der Waals surface area contributed by atoms with Gasteiger partial charge in [0.1, 0.15) is 11.6 Å². The van der Waals surface area contributed by atoms with Crippen LogP contribution in [0.15, 0.2) is 60.7 Å². The molecule has 0 aliphatic rings. The highest BCUT2D eigenvalue weighted by atomic mass is 16.1. The minimum atomic E-state index is -0.000336. The third kappa shape index (κ3) is 4.41. The highest BCUT2D eigenvalue weighted by Crippen LogP contribution is 2.22. The van der Waals surface area contributed by atoms with E-state index < -0.39 is 0 Å². The standard InChI is InChI=1S/C20H20N4O/c1-3-20(25)24-17-11-9-16(10-12-17)23-19-13-18(21-14(2)22-19)15-7-5-4-6-8-15/h4-13H,3H2,1-2H3,(H,24,25)(H,21,22,23). The van der Waals surface area contributed by atoms with Gasteiger partial charge in [-0.3, -0.25) is 4.79 Å². The number of nitrogens with zero attached hydrogens (tertiary/aromatic N) is 2. The van der Waals surface area contributed by atoms with E-state index in [2.05, 4.69) is 20.6 Å². The molecule has 1 amide bonds. The first-order valence-corrected chi connectivity index (χ1v) is 8.22. The smallest absolute Gasteiger partial charge is 0.224 e. The van der Waals surface area contributed by atoms with Gasteiger partial charge in [0.15, 0.2) is 0 Å². The van der Waals surface area contributed by atoms with Gasteiger partial charge in [0.05, 0.1) is 5.69 Å². The first kappa shape index (κ1) is 16.6. The molecule has 0 bridgehead atoms. The first-order valence-electron chi connectivity index (χ1n) is 8.22. The van der Waals surface area contributed by atoms with E-state index in [0.29, 0.717) is 12.2 Å². The number of aromatic nitrogens is 2. The molecule has 0 spiro atoms. The molecule has 0 saturated heterocycles. The molecule has 1 aromatic heterocycles. The second-order valence-corrected chi connectivity index (χ2v) is 5.66. The Bertz CT molecular complexity index is 861. The molecule has 0 unspecified atom stereocenters. The lowest BCUT2D eigenvalue weighted by atomic mass is 10.1. The predicted octanol–water partition coefficient (Wildman–Crippen LogP) is 4.54. The Morgan fingerprint density at radius 1 is 0.960 bits per heavy atom. The largest absolute Gasteiger partial charge is 0.340 e. The molecule has 3 rings (SSSR count). The second-order valence-electron chi connectivity index (χ2n) is 5.66. The maximum absolute atomic E-state index is 11.4. The van der Waals surface area contributed by atoms with Crippen LogP contribution < -0.4 is 10.6 Å². The predicted molar refractivity (Wildman–Crippen MR) is 101 cm³/mol. The van der Waals surface area contributed by atoms with Crippen molar-refractivity contribution in [2.45, 2.75) is 20.3 Å². The Hall–Kier alpha value is -3.21. The molecular formula is C20H20N4O. The fourth-order valence-electron chi connectivity index (χ4n) is 2.42. The summed E-state index contributed by atoms with van der Waals surface area (Å²) in [6.07, 6.45) is 0.461. The topological polar surface area (TPSA) is 66.9 Å². The maximum Gasteiger partial charge on any atom is 0.224 e. The van der Waals surface area contributed by atoms with Crippen LogP contribution in [0.4, 0.5) is 17.2 Å². The lowest BCUT2D eigenvalue weighted by Crippen LogP contribution is -2.09. The summed E-state index contributed by atoms with van der Waals surface area (Å²) in [6.45, 7) is 3.70. The van der Waals surface area contributed by atoms with Crippen LogP contribution in [-0.2, 0) is 4.79 Å². The molecular weight excluding hydrogens is 312 g/mol.